The highest BCUT2D eigenvalue weighted by molar-refractivity contribution is 6.34. The smallest absolute Gasteiger partial charge is 0.134 e. The lowest BCUT2D eigenvalue weighted by atomic mass is 9.83. The molecule has 0 atom stereocenters. The van der Waals surface area contributed by atoms with Gasteiger partial charge in [-0.25, -0.2) is 0 Å². The van der Waals surface area contributed by atoms with Gasteiger partial charge in [0.25, 0.3) is 0 Å². The SMILES string of the molecule is [B]c1c(C)cc(C)cc1CC(C)=O. The Kier molecular flexibility index (Phi) is 2.92. The summed E-state index contributed by atoms with van der Waals surface area (Å²) >= 11 is 0. The normalized spacial score (nSPS) is 10.1. The fraction of sp³-hybridized carbons (Fsp3) is 0.364. The molecule has 0 bridgehead atoms. The average Bonchev–Trinajstić information content (AvgIpc) is 1.98. The van der Waals surface area contributed by atoms with Crippen molar-refractivity contribution in [1.29, 1.82) is 0 Å². The topological polar surface area (TPSA) is 17.1 Å². The van der Waals surface area contributed by atoms with Gasteiger partial charge in [0.1, 0.15) is 13.6 Å². The molecule has 0 unspecified atom stereocenters. The van der Waals surface area contributed by atoms with Gasteiger partial charge in [-0.2, -0.15) is 0 Å². The minimum atomic E-state index is 0.150. The van der Waals surface area contributed by atoms with E-state index in [1.165, 1.54) is 0 Å². The zero-order chi connectivity index (χ0) is 10.0. The van der Waals surface area contributed by atoms with E-state index in [0.717, 1.165) is 22.2 Å². The van der Waals surface area contributed by atoms with E-state index in [4.69, 9.17) is 7.85 Å². The first kappa shape index (κ1) is 10.0. The summed E-state index contributed by atoms with van der Waals surface area (Å²) in [4.78, 5) is 10.9. The van der Waals surface area contributed by atoms with Crippen molar-refractivity contribution >= 4 is 19.1 Å². The van der Waals surface area contributed by atoms with Crippen LogP contribution in [-0.4, -0.2) is 13.6 Å². The molecule has 0 amide bonds. The van der Waals surface area contributed by atoms with Crippen molar-refractivity contribution < 1.29 is 4.79 Å². The van der Waals surface area contributed by atoms with Crippen LogP contribution in [0.5, 0.6) is 0 Å². The van der Waals surface area contributed by atoms with Gasteiger partial charge in [0.05, 0.1) is 0 Å². The minimum Gasteiger partial charge on any atom is -0.300 e. The number of benzene rings is 1. The van der Waals surface area contributed by atoms with Gasteiger partial charge in [0.15, 0.2) is 0 Å². The molecule has 0 aromatic heterocycles. The van der Waals surface area contributed by atoms with Crippen molar-refractivity contribution in [2.24, 2.45) is 0 Å². The third-order valence-electron chi connectivity index (χ3n) is 2.06. The number of ketones is 1. The van der Waals surface area contributed by atoms with Crippen LogP contribution in [0.4, 0.5) is 0 Å². The van der Waals surface area contributed by atoms with Crippen LogP contribution in [-0.2, 0) is 11.2 Å². The van der Waals surface area contributed by atoms with Crippen LogP contribution >= 0.6 is 0 Å². The second-order valence-corrected chi connectivity index (χ2v) is 3.53. The molecule has 0 spiro atoms. The van der Waals surface area contributed by atoms with Crippen molar-refractivity contribution in [3.63, 3.8) is 0 Å². The van der Waals surface area contributed by atoms with Gasteiger partial charge in [0, 0.05) is 6.42 Å². The zero-order valence-electron chi connectivity index (χ0n) is 8.35. The van der Waals surface area contributed by atoms with E-state index < -0.39 is 0 Å². The monoisotopic (exact) mass is 172 g/mol. The summed E-state index contributed by atoms with van der Waals surface area (Å²) < 4.78 is 0. The number of carbonyl (C=O) groups excluding carboxylic acids is 1. The van der Waals surface area contributed by atoms with E-state index in [2.05, 4.69) is 0 Å². The van der Waals surface area contributed by atoms with E-state index in [1.807, 2.05) is 26.0 Å². The third-order valence-corrected chi connectivity index (χ3v) is 2.06. The molecule has 1 aromatic carbocycles. The molecular weight excluding hydrogens is 159 g/mol. The minimum absolute atomic E-state index is 0.150. The lowest BCUT2D eigenvalue weighted by molar-refractivity contribution is -0.116. The predicted molar refractivity (Wildman–Crippen MR) is 55.7 cm³/mol. The number of aryl methyl sites for hydroxylation is 2. The van der Waals surface area contributed by atoms with Crippen molar-refractivity contribution in [2.45, 2.75) is 27.2 Å². The van der Waals surface area contributed by atoms with Gasteiger partial charge in [-0.3, -0.25) is 4.79 Å². The third kappa shape index (κ3) is 2.45. The Morgan fingerprint density at radius 2 is 2.00 bits per heavy atom. The van der Waals surface area contributed by atoms with Gasteiger partial charge in [-0.1, -0.05) is 28.7 Å². The Labute approximate surface area is 80.6 Å². The summed E-state index contributed by atoms with van der Waals surface area (Å²) in [6, 6.07) is 4.00. The highest BCUT2D eigenvalue weighted by atomic mass is 16.1. The van der Waals surface area contributed by atoms with E-state index >= 15 is 0 Å². The van der Waals surface area contributed by atoms with Gasteiger partial charge in [-0.05, 0) is 26.3 Å². The molecule has 1 nitrogen and oxygen atoms in total. The largest absolute Gasteiger partial charge is 0.300 e. The molecule has 0 aliphatic carbocycles. The first-order valence-corrected chi connectivity index (χ1v) is 4.35. The maximum Gasteiger partial charge on any atom is 0.134 e. The molecular formula is C11H13BO. The maximum absolute atomic E-state index is 10.9. The number of carbonyl (C=O) groups is 1. The Hall–Kier alpha value is -1.05. The molecule has 2 radical (unpaired) electrons. The van der Waals surface area contributed by atoms with E-state index in [1.54, 1.807) is 6.92 Å². The molecule has 0 aliphatic heterocycles. The molecule has 66 valence electrons. The maximum atomic E-state index is 10.9. The molecule has 0 saturated heterocycles. The fourth-order valence-corrected chi connectivity index (χ4v) is 1.48. The van der Waals surface area contributed by atoms with Crippen LogP contribution in [0.15, 0.2) is 12.1 Å². The standard InChI is InChI=1S/C11H13BO/c1-7-4-8(2)11(12)10(5-7)6-9(3)13/h4-5H,6H2,1-3H3. The van der Waals surface area contributed by atoms with Crippen LogP contribution < -0.4 is 5.46 Å². The highest BCUT2D eigenvalue weighted by Crippen LogP contribution is 2.06. The number of Topliss-reactive ketones (excluding diaryl/α,β-unsaturated/α-hetero) is 1. The Bertz CT molecular complexity index is 342. The highest BCUT2D eigenvalue weighted by Gasteiger charge is 2.04. The fourth-order valence-electron chi connectivity index (χ4n) is 1.48. The summed E-state index contributed by atoms with van der Waals surface area (Å²) in [6.07, 6.45) is 0.439. The Morgan fingerprint density at radius 1 is 1.38 bits per heavy atom. The summed E-state index contributed by atoms with van der Waals surface area (Å²) in [5.41, 5.74) is 3.91. The molecule has 1 aromatic rings. The molecule has 0 saturated carbocycles. The van der Waals surface area contributed by atoms with E-state index in [0.29, 0.717) is 6.42 Å². The molecule has 13 heavy (non-hydrogen) atoms. The number of rotatable bonds is 2. The summed E-state index contributed by atoms with van der Waals surface area (Å²) in [7, 11) is 5.85. The second-order valence-electron chi connectivity index (χ2n) is 3.53. The number of hydrogen-bond donors (Lipinski definition) is 0. The first-order valence-electron chi connectivity index (χ1n) is 4.35. The summed E-state index contributed by atoms with van der Waals surface area (Å²) in [5, 5.41) is 0. The van der Waals surface area contributed by atoms with E-state index in [9.17, 15) is 4.79 Å². The van der Waals surface area contributed by atoms with Gasteiger partial charge < -0.3 is 0 Å². The van der Waals surface area contributed by atoms with Crippen molar-refractivity contribution in [1.82, 2.24) is 0 Å². The van der Waals surface area contributed by atoms with Gasteiger partial charge in [0.2, 0.25) is 0 Å². The second kappa shape index (κ2) is 3.78. The van der Waals surface area contributed by atoms with E-state index in [-0.39, 0.29) is 5.78 Å². The molecule has 2 heteroatoms. The van der Waals surface area contributed by atoms with Crippen LogP contribution in [0.3, 0.4) is 0 Å². The molecule has 0 aliphatic rings. The van der Waals surface area contributed by atoms with Gasteiger partial charge in [-0.15, -0.1) is 0 Å². The van der Waals surface area contributed by atoms with Crippen LogP contribution in [0.25, 0.3) is 0 Å². The zero-order valence-corrected chi connectivity index (χ0v) is 8.35. The van der Waals surface area contributed by atoms with Gasteiger partial charge >= 0.3 is 0 Å². The van der Waals surface area contributed by atoms with Crippen LogP contribution in [0.2, 0.25) is 0 Å². The molecule has 0 fully saturated rings. The molecule has 0 N–H and O–H groups in total. The lowest BCUT2D eigenvalue weighted by Crippen LogP contribution is -2.16. The Balaban J connectivity index is 3.12. The van der Waals surface area contributed by atoms with Crippen molar-refractivity contribution in [3.05, 3.63) is 28.8 Å². The Morgan fingerprint density at radius 3 is 2.54 bits per heavy atom. The first-order chi connectivity index (χ1) is 6.00. The summed E-state index contributed by atoms with van der Waals surface area (Å²) in [6.45, 7) is 5.55. The van der Waals surface area contributed by atoms with Crippen molar-refractivity contribution in [3.8, 4) is 0 Å². The van der Waals surface area contributed by atoms with Crippen molar-refractivity contribution in [2.75, 3.05) is 0 Å². The average molecular weight is 172 g/mol. The van der Waals surface area contributed by atoms with Crippen LogP contribution in [0, 0.1) is 13.8 Å². The molecule has 0 heterocycles. The molecule has 1 rings (SSSR count). The number of hydrogen-bond acceptors (Lipinski definition) is 1. The quantitative estimate of drug-likeness (QED) is 0.613. The van der Waals surface area contributed by atoms with Crippen LogP contribution in [0.1, 0.15) is 23.6 Å². The predicted octanol–water partition coefficient (Wildman–Crippen LogP) is 1.23. The lowest BCUT2D eigenvalue weighted by Gasteiger charge is -2.09. The summed E-state index contributed by atoms with van der Waals surface area (Å²) in [5.74, 6) is 0.150.